The smallest absolute Gasteiger partial charge is 0.135 e. The Bertz CT molecular complexity index is 259. The zero-order chi connectivity index (χ0) is 9.68. The molecule has 0 amide bonds. The van der Waals surface area contributed by atoms with Crippen molar-refractivity contribution in [2.24, 2.45) is 0 Å². The van der Waals surface area contributed by atoms with Crippen molar-refractivity contribution in [2.75, 3.05) is 0 Å². The minimum Gasteiger partial charge on any atom is -0.392 e. The quantitative estimate of drug-likeness (QED) is 0.588. The molecular weight excluding hydrogens is 184 g/mol. The van der Waals surface area contributed by atoms with Crippen molar-refractivity contribution in [3.8, 4) is 0 Å². The number of benzene rings is 1. The highest BCUT2D eigenvalue weighted by Crippen LogP contribution is 2.23. The van der Waals surface area contributed by atoms with Gasteiger partial charge in [0.05, 0.1) is 11.4 Å². The van der Waals surface area contributed by atoms with Gasteiger partial charge in [-0.2, -0.15) is 0 Å². The van der Waals surface area contributed by atoms with Gasteiger partial charge in [0.15, 0.2) is 0 Å². The largest absolute Gasteiger partial charge is 0.392 e. The number of aldehydes is 1. The lowest BCUT2D eigenvalue weighted by Crippen LogP contribution is -2.20. The number of rotatable bonds is 4. The van der Waals surface area contributed by atoms with E-state index >= 15 is 0 Å². The molecule has 0 aliphatic rings. The van der Waals surface area contributed by atoms with Gasteiger partial charge in [-0.1, -0.05) is 18.2 Å². The van der Waals surface area contributed by atoms with Crippen molar-refractivity contribution in [1.29, 1.82) is 0 Å². The second-order valence-corrected chi connectivity index (χ2v) is 4.02. The monoisotopic (exact) mass is 196 g/mol. The van der Waals surface area contributed by atoms with Crippen LogP contribution in [0.25, 0.3) is 0 Å². The number of carbonyl (C=O) groups excluding carboxylic acids is 1. The Hall–Kier alpha value is -0.800. The molecule has 0 aliphatic carbocycles. The summed E-state index contributed by atoms with van der Waals surface area (Å²) in [5.41, 5.74) is 0. The maximum Gasteiger partial charge on any atom is 0.135 e. The molecule has 0 unspecified atom stereocenters. The van der Waals surface area contributed by atoms with Crippen LogP contribution in [-0.4, -0.2) is 22.7 Å². The molecule has 70 valence electrons. The second-order valence-electron chi connectivity index (χ2n) is 2.77. The van der Waals surface area contributed by atoms with Crippen LogP contribution in [0.4, 0.5) is 0 Å². The summed E-state index contributed by atoms with van der Waals surface area (Å²) in [4.78, 5) is 11.6. The van der Waals surface area contributed by atoms with E-state index in [1.807, 2.05) is 30.3 Å². The van der Waals surface area contributed by atoms with Gasteiger partial charge < -0.3 is 9.90 Å². The summed E-state index contributed by atoms with van der Waals surface area (Å²) in [5.74, 6) is 0. The van der Waals surface area contributed by atoms with E-state index in [1.165, 1.54) is 11.8 Å². The van der Waals surface area contributed by atoms with Crippen molar-refractivity contribution in [1.82, 2.24) is 0 Å². The predicted molar refractivity (Wildman–Crippen MR) is 53.8 cm³/mol. The van der Waals surface area contributed by atoms with Gasteiger partial charge in [0.25, 0.3) is 0 Å². The predicted octanol–water partition coefficient (Wildman–Crippen LogP) is 1.73. The average Bonchev–Trinajstić information content (AvgIpc) is 2.15. The van der Waals surface area contributed by atoms with Gasteiger partial charge in [-0.15, -0.1) is 11.8 Å². The third kappa shape index (κ3) is 3.20. The van der Waals surface area contributed by atoms with E-state index in [1.54, 1.807) is 6.92 Å². The molecule has 2 atom stereocenters. The lowest BCUT2D eigenvalue weighted by atomic mass is 10.3. The number of carbonyl (C=O) groups is 1. The first kappa shape index (κ1) is 10.3. The van der Waals surface area contributed by atoms with Crippen molar-refractivity contribution in [2.45, 2.75) is 23.2 Å². The van der Waals surface area contributed by atoms with Crippen molar-refractivity contribution < 1.29 is 9.90 Å². The lowest BCUT2D eigenvalue weighted by molar-refractivity contribution is -0.108. The molecule has 0 bridgehead atoms. The molecule has 0 saturated carbocycles. The van der Waals surface area contributed by atoms with Gasteiger partial charge in [0.1, 0.15) is 6.29 Å². The average molecular weight is 196 g/mol. The molecule has 0 radical (unpaired) electrons. The maximum atomic E-state index is 10.6. The van der Waals surface area contributed by atoms with E-state index in [-0.39, 0.29) is 5.25 Å². The number of aliphatic hydroxyl groups is 1. The summed E-state index contributed by atoms with van der Waals surface area (Å²) in [7, 11) is 0. The number of thioether (sulfide) groups is 1. The van der Waals surface area contributed by atoms with Crippen molar-refractivity contribution >= 4 is 18.0 Å². The summed E-state index contributed by atoms with van der Waals surface area (Å²) < 4.78 is 0. The fourth-order valence-corrected chi connectivity index (χ4v) is 1.78. The first-order valence-electron chi connectivity index (χ1n) is 4.09. The van der Waals surface area contributed by atoms with E-state index in [9.17, 15) is 9.90 Å². The van der Waals surface area contributed by atoms with Crippen LogP contribution in [0.3, 0.4) is 0 Å². The van der Waals surface area contributed by atoms with E-state index in [2.05, 4.69) is 0 Å². The topological polar surface area (TPSA) is 37.3 Å². The minimum atomic E-state index is -0.609. The third-order valence-electron chi connectivity index (χ3n) is 1.62. The Labute approximate surface area is 82.0 Å². The molecule has 1 aromatic carbocycles. The number of aliphatic hydroxyl groups excluding tert-OH is 1. The highest BCUT2D eigenvalue weighted by Gasteiger charge is 2.14. The molecule has 0 heterocycles. The van der Waals surface area contributed by atoms with Crippen LogP contribution in [0.15, 0.2) is 35.2 Å². The Morgan fingerprint density at radius 2 is 2.00 bits per heavy atom. The first-order chi connectivity index (χ1) is 6.24. The third-order valence-corrected chi connectivity index (χ3v) is 2.95. The first-order valence-corrected chi connectivity index (χ1v) is 4.97. The number of hydrogen-bond acceptors (Lipinski definition) is 3. The van der Waals surface area contributed by atoms with E-state index < -0.39 is 6.10 Å². The fraction of sp³-hybridized carbons (Fsp3) is 0.300. The van der Waals surface area contributed by atoms with Gasteiger partial charge in [-0.05, 0) is 19.1 Å². The summed E-state index contributed by atoms with van der Waals surface area (Å²) >= 11 is 1.38. The molecule has 0 aliphatic heterocycles. The molecule has 1 aromatic rings. The Kier molecular flexibility index (Phi) is 3.99. The van der Waals surface area contributed by atoms with Crippen LogP contribution in [0, 0.1) is 0 Å². The molecule has 1 N–H and O–H groups in total. The second kappa shape index (κ2) is 5.04. The summed E-state index contributed by atoms with van der Waals surface area (Å²) in [6.45, 7) is 1.62. The molecular formula is C10H12O2S. The normalized spacial score (nSPS) is 14.9. The Morgan fingerprint density at radius 3 is 2.46 bits per heavy atom. The van der Waals surface area contributed by atoms with Crippen LogP contribution in [0.5, 0.6) is 0 Å². The molecule has 3 heteroatoms. The fourth-order valence-electron chi connectivity index (χ4n) is 0.896. The highest BCUT2D eigenvalue weighted by molar-refractivity contribution is 8.00. The lowest BCUT2D eigenvalue weighted by Gasteiger charge is -2.12. The van der Waals surface area contributed by atoms with Gasteiger partial charge in [-0.25, -0.2) is 0 Å². The van der Waals surface area contributed by atoms with Gasteiger partial charge in [-0.3, -0.25) is 0 Å². The molecule has 0 spiro atoms. The van der Waals surface area contributed by atoms with Gasteiger partial charge in [0, 0.05) is 4.90 Å². The van der Waals surface area contributed by atoms with E-state index in [0.29, 0.717) is 0 Å². The molecule has 0 fully saturated rings. The van der Waals surface area contributed by atoms with Crippen LogP contribution < -0.4 is 0 Å². The summed E-state index contributed by atoms with van der Waals surface area (Å²) in [5, 5.41) is 8.85. The van der Waals surface area contributed by atoms with Crippen LogP contribution in [0.2, 0.25) is 0 Å². The number of hydrogen-bond donors (Lipinski definition) is 1. The van der Waals surface area contributed by atoms with Crippen LogP contribution in [0.1, 0.15) is 6.92 Å². The molecule has 13 heavy (non-hydrogen) atoms. The SMILES string of the molecule is C[C@@H](O)[C@H](C=O)Sc1ccccc1. The Balaban J connectivity index is 2.62. The van der Waals surface area contributed by atoms with Crippen molar-refractivity contribution in [3.05, 3.63) is 30.3 Å². The summed E-state index contributed by atoms with van der Waals surface area (Å²) in [6, 6.07) is 9.58. The molecule has 2 nitrogen and oxygen atoms in total. The highest BCUT2D eigenvalue weighted by atomic mass is 32.2. The van der Waals surface area contributed by atoms with E-state index in [4.69, 9.17) is 0 Å². The molecule has 1 rings (SSSR count). The minimum absolute atomic E-state index is 0.373. The van der Waals surface area contributed by atoms with Crippen molar-refractivity contribution in [3.63, 3.8) is 0 Å². The zero-order valence-corrected chi connectivity index (χ0v) is 8.20. The molecule has 0 aromatic heterocycles. The maximum absolute atomic E-state index is 10.6. The van der Waals surface area contributed by atoms with Crippen LogP contribution in [-0.2, 0) is 4.79 Å². The van der Waals surface area contributed by atoms with Gasteiger partial charge in [0.2, 0.25) is 0 Å². The van der Waals surface area contributed by atoms with Crippen LogP contribution >= 0.6 is 11.8 Å². The summed E-state index contributed by atoms with van der Waals surface area (Å²) in [6.07, 6.45) is 0.171. The van der Waals surface area contributed by atoms with Gasteiger partial charge >= 0.3 is 0 Å². The van der Waals surface area contributed by atoms with E-state index in [0.717, 1.165) is 11.2 Å². The Morgan fingerprint density at radius 1 is 1.38 bits per heavy atom. The molecule has 0 saturated heterocycles. The standard InChI is InChI=1S/C10H12O2S/c1-8(12)10(7-11)13-9-5-3-2-4-6-9/h2-8,10,12H,1H3/t8-,10+/m1/s1. The zero-order valence-electron chi connectivity index (χ0n) is 7.38.